The van der Waals surface area contributed by atoms with Crippen molar-refractivity contribution in [2.75, 3.05) is 6.54 Å². The number of hydrogen-bond acceptors (Lipinski definition) is 2. The second-order valence-corrected chi connectivity index (χ2v) is 2.69. The van der Waals surface area contributed by atoms with E-state index in [4.69, 9.17) is 5.73 Å². The van der Waals surface area contributed by atoms with Gasteiger partial charge in [-0.05, 0) is 13.3 Å². The molecule has 0 radical (unpaired) electrons. The summed E-state index contributed by atoms with van der Waals surface area (Å²) in [7, 11) is 0. The lowest BCUT2D eigenvalue weighted by Gasteiger charge is -2.07. The van der Waals surface area contributed by atoms with Gasteiger partial charge in [0.15, 0.2) is 0 Å². The van der Waals surface area contributed by atoms with Crippen molar-refractivity contribution >= 4 is 5.71 Å². The Morgan fingerprint density at radius 1 is 1.67 bits per heavy atom. The quantitative estimate of drug-likeness (QED) is 0.492. The Morgan fingerprint density at radius 2 is 2.33 bits per heavy atom. The molecule has 2 nitrogen and oxygen atoms in total. The maximum absolute atomic E-state index is 5.79. The van der Waals surface area contributed by atoms with E-state index in [1.807, 2.05) is 6.92 Å². The molecule has 12 heavy (non-hydrogen) atoms. The first kappa shape index (κ1) is 11.2. The third kappa shape index (κ3) is 4.89. The molecule has 0 amide bonds. The Bertz CT molecular complexity index is 188. The van der Waals surface area contributed by atoms with Crippen molar-refractivity contribution in [2.24, 2.45) is 10.7 Å². The summed E-state index contributed by atoms with van der Waals surface area (Å²) in [5, 5.41) is 0. The largest absolute Gasteiger partial charge is 0.327 e. The van der Waals surface area contributed by atoms with Gasteiger partial charge in [-0.2, -0.15) is 0 Å². The SMILES string of the molecule is C=C=CC(CC(N)CC)=NCC. The number of aliphatic imine (C=N–C) groups is 1. The van der Waals surface area contributed by atoms with Crippen LogP contribution in [0.25, 0.3) is 0 Å². The molecule has 2 N–H and O–H groups in total. The molecule has 0 aliphatic carbocycles. The average Bonchev–Trinajstić information content (AvgIpc) is 2.05. The Kier molecular flexibility index (Phi) is 6.35. The molecule has 0 saturated heterocycles. The zero-order valence-corrected chi connectivity index (χ0v) is 8.01. The van der Waals surface area contributed by atoms with Crippen molar-refractivity contribution in [1.82, 2.24) is 0 Å². The summed E-state index contributed by atoms with van der Waals surface area (Å²) < 4.78 is 0. The Labute approximate surface area is 74.9 Å². The van der Waals surface area contributed by atoms with Crippen molar-refractivity contribution in [1.29, 1.82) is 0 Å². The van der Waals surface area contributed by atoms with E-state index in [-0.39, 0.29) is 6.04 Å². The second-order valence-electron chi connectivity index (χ2n) is 2.69. The predicted molar refractivity (Wildman–Crippen MR) is 54.6 cm³/mol. The van der Waals surface area contributed by atoms with Crippen LogP contribution in [-0.4, -0.2) is 18.3 Å². The van der Waals surface area contributed by atoms with Gasteiger partial charge in [0.1, 0.15) is 0 Å². The fourth-order valence-electron chi connectivity index (χ4n) is 0.903. The predicted octanol–water partition coefficient (Wildman–Crippen LogP) is 1.92. The van der Waals surface area contributed by atoms with Crippen molar-refractivity contribution < 1.29 is 0 Å². The lowest BCUT2D eigenvalue weighted by atomic mass is 10.1. The van der Waals surface area contributed by atoms with Crippen molar-refractivity contribution in [3.05, 3.63) is 18.4 Å². The molecule has 2 heteroatoms. The molecule has 68 valence electrons. The molecule has 0 fully saturated rings. The minimum Gasteiger partial charge on any atom is -0.327 e. The van der Waals surface area contributed by atoms with E-state index >= 15 is 0 Å². The first-order chi connectivity index (χ1) is 5.74. The fourth-order valence-corrected chi connectivity index (χ4v) is 0.903. The molecule has 0 aromatic heterocycles. The summed E-state index contributed by atoms with van der Waals surface area (Å²) in [6, 6.07) is 0.208. The zero-order valence-electron chi connectivity index (χ0n) is 8.01. The average molecular weight is 166 g/mol. The monoisotopic (exact) mass is 166 g/mol. The molecule has 0 bridgehead atoms. The van der Waals surface area contributed by atoms with E-state index in [0.29, 0.717) is 0 Å². The molecule has 0 aromatic carbocycles. The van der Waals surface area contributed by atoms with Gasteiger partial charge in [-0.3, -0.25) is 4.99 Å². The van der Waals surface area contributed by atoms with Crippen LogP contribution in [0.4, 0.5) is 0 Å². The highest BCUT2D eigenvalue weighted by Crippen LogP contribution is 1.97. The minimum absolute atomic E-state index is 0.208. The molecule has 0 rings (SSSR count). The van der Waals surface area contributed by atoms with Gasteiger partial charge in [-0.15, -0.1) is 5.73 Å². The Balaban J connectivity index is 4.13. The first-order valence-corrected chi connectivity index (χ1v) is 4.39. The smallest absolute Gasteiger partial charge is 0.0440 e. The summed E-state index contributed by atoms with van der Waals surface area (Å²) in [5.41, 5.74) is 9.51. The van der Waals surface area contributed by atoms with Gasteiger partial charge in [0.25, 0.3) is 0 Å². The van der Waals surface area contributed by atoms with Gasteiger partial charge in [-0.25, -0.2) is 0 Å². The summed E-state index contributed by atoms with van der Waals surface area (Å²) in [6.45, 7) is 8.39. The highest BCUT2D eigenvalue weighted by Gasteiger charge is 2.01. The molecule has 0 spiro atoms. The maximum Gasteiger partial charge on any atom is 0.0440 e. The van der Waals surface area contributed by atoms with E-state index < -0.39 is 0 Å². The number of hydrogen-bond donors (Lipinski definition) is 1. The molecular weight excluding hydrogens is 148 g/mol. The summed E-state index contributed by atoms with van der Waals surface area (Å²) in [4.78, 5) is 4.28. The highest BCUT2D eigenvalue weighted by molar-refractivity contribution is 5.95. The zero-order chi connectivity index (χ0) is 9.40. The summed E-state index contributed by atoms with van der Waals surface area (Å²) in [6.07, 6.45) is 3.61. The third-order valence-electron chi connectivity index (χ3n) is 1.63. The normalized spacial score (nSPS) is 13.8. The minimum atomic E-state index is 0.208. The van der Waals surface area contributed by atoms with Crippen molar-refractivity contribution in [3.63, 3.8) is 0 Å². The number of nitrogens with zero attached hydrogens (tertiary/aromatic N) is 1. The van der Waals surface area contributed by atoms with Gasteiger partial charge in [0.2, 0.25) is 0 Å². The summed E-state index contributed by atoms with van der Waals surface area (Å²) >= 11 is 0. The lowest BCUT2D eigenvalue weighted by molar-refractivity contribution is 0.675. The van der Waals surface area contributed by atoms with Gasteiger partial charge in [0, 0.05) is 30.8 Å². The second kappa shape index (κ2) is 6.84. The van der Waals surface area contributed by atoms with Crippen LogP contribution in [0.2, 0.25) is 0 Å². The van der Waals surface area contributed by atoms with Crippen LogP contribution in [0.3, 0.4) is 0 Å². The van der Waals surface area contributed by atoms with E-state index in [9.17, 15) is 0 Å². The molecule has 0 aliphatic heterocycles. The van der Waals surface area contributed by atoms with Crippen LogP contribution in [0.15, 0.2) is 23.4 Å². The van der Waals surface area contributed by atoms with E-state index in [1.54, 1.807) is 6.08 Å². The number of nitrogens with two attached hydrogens (primary N) is 1. The molecule has 0 aliphatic rings. The molecule has 1 atom stereocenters. The van der Waals surface area contributed by atoms with Gasteiger partial charge >= 0.3 is 0 Å². The van der Waals surface area contributed by atoms with Crippen molar-refractivity contribution in [3.8, 4) is 0 Å². The van der Waals surface area contributed by atoms with Crippen LogP contribution in [0.5, 0.6) is 0 Å². The fraction of sp³-hybridized carbons (Fsp3) is 0.600. The molecule has 1 unspecified atom stereocenters. The highest BCUT2D eigenvalue weighted by atomic mass is 14.7. The van der Waals surface area contributed by atoms with E-state index in [2.05, 4.69) is 24.2 Å². The van der Waals surface area contributed by atoms with Gasteiger partial charge < -0.3 is 5.73 Å². The van der Waals surface area contributed by atoms with Gasteiger partial charge in [0.05, 0.1) is 0 Å². The van der Waals surface area contributed by atoms with E-state index in [0.717, 1.165) is 25.1 Å². The molecule has 0 heterocycles. The molecule has 0 saturated carbocycles. The Morgan fingerprint density at radius 3 is 2.75 bits per heavy atom. The van der Waals surface area contributed by atoms with Crippen LogP contribution in [-0.2, 0) is 0 Å². The standard InChI is InChI=1S/C10H18N2/c1-4-7-10(12-6-3)8-9(11)5-2/h7,9H,1,5-6,8,11H2,2-3H3. The molecular formula is C10H18N2. The number of allylic oxidation sites excluding steroid dienone is 1. The summed E-state index contributed by atoms with van der Waals surface area (Å²) in [5.74, 6) is 0. The van der Waals surface area contributed by atoms with Crippen LogP contribution < -0.4 is 5.73 Å². The van der Waals surface area contributed by atoms with Crippen LogP contribution in [0, 0.1) is 0 Å². The third-order valence-corrected chi connectivity index (χ3v) is 1.63. The lowest BCUT2D eigenvalue weighted by Crippen LogP contribution is -2.21. The maximum atomic E-state index is 5.79. The van der Waals surface area contributed by atoms with E-state index in [1.165, 1.54) is 0 Å². The van der Waals surface area contributed by atoms with Gasteiger partial charge in [-0.1, -0.05) is 13.5 Å². The van der Waals surface area contributed by atoms with Crippen LogP contribution in [0.1, 0.15) is 26.7 Å². The number of rotatable bonds is 5. The topological polar surface area (TPSA) is 38.4 Å². The van der Waals surface area contributed by atoms with Crippen molar-refractivity contribution in [2.45, 2.75) is 32.7 Å². The first-order valence-electron chi connectivity index (χ1n) is 4.39. The Hall–Kier alpha value is -0.850. The molecule has 0 aromatic rings. The van der Waals surface area contributed by atoms with Crippen LogP contribution >= 0.6 is 0 Å².